The topological polar surface area (TPSA) is 239 Å². The van der Waals surface area contributed by atoms with E-state index in [1.807, 2.05) is 51.8 Å². The number of hydrogen-bond acceptors (Lipinski definition) is 14. The third-order valence-corrected chi connectivity index (χ3v) is 13.4. The summed E-state index contributed by atoms with van der Waals surface area (Å²) in [5.74, 6) is -0.693. The molecular formula is C55H83N8O11P. The van der Waals surface area contributed by atoms with Crippen molar-refractivity contribution in [1.82, 2.24) is 14.5 Å². The van der Waals surface area contributed by atoms with Crippen LogP contribution >= 0.6 is 7.82 Å². The second-order valence-electron chi connectivity index (χ2n) is 19.8. The Morgan fingerprint density at radius 3 is 2.04 bits per heavy atom. The van der Waals surface area contributed by atoms with Crippen LogP contribution in [0.3, 0.4) is 0 Å². The van der Waals surface area contributed by atoms with Crippen molar-refractivity contribution in [2.75, 3.05) is 70.9 Å². The highest BCUT2D eigenvalue weighted by Gasteiger charge is 2.25. The zero-order valence-corrected chi connectivity index (χ0v) is 46.2. The van der Waals surface area contributed by atoms with Gasteiger partial charge in [-0.05, 0) is 67.4 Å². The first kappa shape index (κ1) is 61.8. The van der Waals surface area contributed by atoms with Crippen LogP contribution in [-0.2, 0) is 51.0 Å². The van der Waals surface area contributed by atoms with E-state index in [9.17, 15) is 28.6 Å². The van der Waals surface area contributed by atoms with E-state index in [2.05, 4.69) is 22.2 Å². The van der Waals surface area contributed by atoms with Gasteiger partial charge < -0.3 is 48.3 Å². The Bertz CT molecular complexity index is 2430. The summed E-state index contributed by atoms with van der Waals surface area (Å²) in [6, 6.07) is 17.3. The number of phosphoric ester groups is 1. The molecule has 0 aliphatic carbocycles. The number of anilines is 2. The molecule has 4 aromatic rings. The van der Waals surface area contributed by atoms with Crippen LogP contribution in [0.4, 0.5) is 16.3 Å². The number of amides is 2. The number of amidine groups is 1. The maximum Gasteiger partial charge on any atom is 0.435 e. The molecule has 0 spiro atoms. The van der Waals surface area contributed by atoms with Gasteiger partial charge in [0.15, 0.2) is 6.10 Å². The lowest BCUT2D eigenvalue weighted by Crippen LogP contribution is -2.37. The fraction of sp³-hybridized carbons (Fsp3) is 0.582. The fourth-order valence-corrected chi connectivity index (χ4v) is 8.62. The van der Waals surface area contributed by atoms with Crippen LogP contribution in [0.15, 0.2) is 71.9 Å². The number of ether oxygens (including phenoxy) is 3. The van der Waals surface area contributed by atoms with Gasteiger partial charge in [-0.3, -0.25) is 23.8 Å². The molecule has 414 valence electrons. The van der Waals surface area contributed by atoms with Crippen molar-refractivity contribution in [2.24, 2.45) is 17.8 Å². The van der Waals surface area contributed by atoms with Crippen molar-refractivity contribution in [1.29, 1.82) is 0 Å². The van der Waals surface area contributed by atoms with Crippen molar-refractivity contribution < 1.29 is 56.4 Å². The highest BCUT2D eigenvalue weighted by atomic mass is 31.2. The number of aromatic nitrogens is 3. The van der Waals surface area contributed by atoms with Crippen LogP contribution < -0.4 is 20.8 Å². The van der Waals surface area contributed by atoms with Crippen LogP contribution in [0.5, 0.6) is 0 Å². The van der Waals surface area contributed by atoms with Gasteiger partial charge >= 0.3 is 18.0 Å². The van der Waals surface area contributed by atoms with Crippen LogP contribution in [0.25, 0.3) is 11.0 Å². The lowest BCUT2D eigenvalue weighted by molar-refractivity contribution is -0.870. The highest BCUT2D eigenvalue weighted by molar-refractivity contribution is 7.45. The molecule has 2 unspecified atom stereocenters. The summed E-state index contributed by atoms with van der Waals surface area (Å²) in [6.45, 7) is 3.91. The number of carbonyl (C=O) groups is 4. The van der Waals surface area contributed by atoms with E-state index in [1.54, 1.807) is 48.5 Å². The molecule has 2 heterocycles. The number of benzene rings is 2. The first-order chi connectivity index (χ1) is 36.0. The zero-order valence-electron chi connectivity index (χ0n) is 45.3. The maximum atomic E-state index is 14.2. The van der Waals surface area contributed by atoms with E-state index < -0.39 is 51.1 Å². The number of likely N-dealkylation sites (N-methyl/N-ethyl adjacent to an activating group) is 1. The van der Waals surface area contributed by atoms with Gasteiger partial charge in [-0.25, -0.2) is 14.8 Å². The second-order valence-corrected chi connectivity index (χ2v) is 21.2. The maximum absolute atomic E-state index is 14.2. The molecule has 0 saturated heterocycles. The first-order valence-electron chi connectivity index (χ1n) is 26.8. The summed E-state index contributed by atoms with van der Waals surface area (Å²) in [5.41, 5.74) is 9.03. The van der Waals surface area contributed by atoms with Crippen molar-refractivity contribution in [3.63, 3.8) is 0 Å². The number of unbranched alkanes of at least 4 members (excludes halogenated alkanes) is 14. The van der Waals surface area contributed by atoms with E-state index in [1.165, 1.54) is 75.3 Å². The molecule has 0 fully saturated rings. The number of hydrogen-bond donors (Lipinski definition) is 2. The average molecular weight is 1060 g/mol. The second kappa shape index (κ2) is 33.3. The summed E-state index contributed by atoms with van der Waals surface area (Å²) in [4.78, 5) is 79.6. The van der Waals surface area contributed by atoms with Crippen LogP contribution in [0.2, 0.25) is 0 Å². The molecule has 3 N–H and O–H groups in total. The minimum absolute atomic E-state index is 0.0506. The van der Waals surface area contributed by atoms with Crippen molar-refractivity contribution in [2.45, 2.75) is 142 Å². The van der Waals surface area contributed by atoms with Gasteiger partial charge in [0.1, 0.15) is 37.2 Å². The number of pyridine rings is 1. The number of imidazole rings is 1. The zero-order chi connectivity index (χ0) is 54.5. The number of nitrogens with two attached hydrogens (primary N) is 1. The Morgan fingerprint density at radius 1 is 0.773 bits per heavy atom. The van der Waals surface area contributed by atoms with E-state index in [0.29, 0.717) is 52.3 Å². The van der Waals surface area contributed by atoms with Gasteiger partial charge in [-0.2, -0.15) is 4.99 Å². The number of nitrogens with zero attached hydrogens (tertiary/aromatic N) is 6. The monoisotopic (exact) mass is 1060 g/mol. The highest BCUT2D eigenvalue weighted by Crippen LogP contribution is 2.38. The first-order valence-corrected chi connectivity index (χ1v) is 28.2. The van der Waals surface area contributed by atoms with Crippen molar-refractivity contribution in [3.05, 3.63) is 83.8 Å². The number of phosphoric acid groups is 1. The van der Waals surface area contributed by atoms with Crippen LogP contribution in [0, 0.1) is 0 Å². The fourth-order valence-electron chi connectivity index (χ4n) is 7.89. The number of carbonyl (C=O) groups excluding carboxylic acids is 4. The van der Waals surface area contributed by atoms with E-state index in [4.69, 9.17) is 34.0 Å². The van der Waals surface area contributed by atoms with Gasteiger partial charge in [0.05, 0.1) is 58.4 Å². The lowest BCUT2D eigenvalue weighted by Gasteiger charge is -2.28. The van der Waals surface area contributed by atoms with Crippen LogP contribution in [-0.4, -0.2) is 116 Å². The molecule has 0 saturated carbocycles. The number of aliphatic imine (C=N–C) groups is 1. The predicted molar refractivity (Wildman–Crippen MR) is 290 cm³/mol. The molecule has 0 aliphatic rings. The molecule has 75 heavy (non-hydrogen) atoms. The molecule has 20 heteroatoms. The van der Waals surface area contributed by atoms with E-state index >= 15 is 0 Å². The quantitative estimate of drug-likeness (QED) is 0.00813. The normalized spacial score (nSPS) is 13.0. The Hall–Kier alpha value is -5.72. The van der Waals surface area contributed by atoms with Gasteiger partial charge in [0.25, 0.3) is 13.7 Å². The SMILES string of the molecule is CCCCCCCCCCCCCCCCC(=O)OC(COC(=O)CCN(C(=O)c1ccc2c(c1)nc(CNc1ccc(/C(N)=N/C(=O)OCCCC)cc1)n2C)c1ccccn1)COP(=O)([O-])OCC[N+](C)(C)C. The number of quaternary nitrogens is 1. The van der Waals surface area contributed by atoms with Gasteiger partial charge in [-0.1, -0.05) is 110 Å². The molecule has 0 aliphatic heterocycles. The Morgan fingerprint density at radius 2 is 1.41 bits per heavy atom. The molecule has 19 nitrogen and oxygen atoms in total. The molecule has 0 radical (unpaired) electrons. The number of nitrogens with one attached hydrogen (secondary N) is 1. The smallest absolute Gasteiger partial charge is 0.435 e. The minimum atomic E-state index is -4.79. The summed E-state index contributed by atoms with van der Waals surface area (Å²) in [6.07, 6.45) is 17.4. The van der Waals surface area contributed by atoms with Gasteiger partial charge in [-0.15, -0.1) is 0 Å². The summed E-state index contributed by atoms with van der Waals surface area (Å²) in [5, 5.41) is 3.34. The van der Waals surface area contributed by atoms with Crippen molar-refractivity contribution >= 4 is 60.1 Å². The predicted octanol–water partition coefficient (Wildman–Crippen LogP) is 9.79. The number of aryl methyl sites for hydroxylation is 1. The summed E-state index contributed by atoms with van der Waals surface area (Å²) < 4.78 is 41.4. The molecule has 2 aromatic carbocycles. The van der Waals surface area contributed by atoms with E-state index in [-0.39, 0.29) is 38.4 Å². The third kappa shape index (κ3) is 24.2. The number of rotatable bonds is 37. The molecule has 0 bridgehead atoms. The van der Waals surface area contributed by atoms with E-state index in [0.717, 1.165) is 43.3 Å². The largest absolute Gasteiger partial charge is 0.756 e. The minimum Gasteiger partial charge on any atom is -0.756 e. The Kier molecular flexibility index (Phi) is 27.5. The lowest BCUT2D eigenvalue weighted by atomic mass is 10.0. The van der Waals surface area contributed by atoms with Gasteiger partial charge in [0.2, 0.25) is 0 Å². The Labute approximate surface area is 444 Å². The third-order valence-electron chi connectivity index (χ3n) is 12.4. The number of fused-ring (bicyclic) bond motifs is 1. The molecule has 2 aromatic heterocycles. The average Bonchev–Trinajstić information content (AvgIpc) is 3.70. The molecule has 4 rings (SSSR count). The van der Waals surface area contributed by atoms with Crippen molar-refractivity contribution in [3.8, 4) is 0 Å². The molecule has 2 amide bonds. The standard InChI is InChI=1S/C55H83N8O11P/c1-7-9-11-12-13-14-15-16-17-18-19-20-21-22-26-52(65)74-46(42-73-75(68,69)72-38-36-63(4,5)6)41-71-51(64)33-35-62(49-25-23-24-34-57-49)54(66)44-29-32-48-47(39-44)59-50(61(48)3)40-58-45-30-27-43(28-31-45)53(56)60-55(67)70-37-10-8-2/h23-25,27-32,34,39,46H,7-22,26,33,35-38,40-42H2,1-6H3,(H3-,56,58,60,67,68,69). The number of esters is 2. The Balaban J connectivity index is 1.33. The molecular weight excluding hydrogens is 980 g/mol. The summed E-state index contributed by atoms with van der Waals surface area (Å²) in [7, 11) is 2.76. The molecule has 2 atom stereocenters. The summed E-state index contributed by atoms with van der Waals surface area (Å²) >= 11 is 0. The van der Waals surface area contributed by atoms with Crippen LogP contribution in [0.1, 0.15) is 151 Å². The van der Waals surface area contributed by atoms with Gasteiger partial charge in [0, 0.05) is 43.0 Å².